The number of H-pyrrole nitrogens is 1. The Kier molecular flexibility index (Phi) is 4.90. The van der Waals surface area contributed by atoms with Crippen LogP contribution in [0.5, 0.6) is 0 Å². The van der Waals surface area contributed by atoms with E-state index < -0.39 is 0 Å². The molecule has 4 aliphatic rings. The van der Waals surface area contributed by atoms with Crippen LogP contribution < -0.4 is 0 Å². The van der Waals surface area contributed by atoms with Crippen molar-refractivity contribution in [1.29, 1.82) is 0 Å². The van der Waals surface area contributed by atoms with Crippen LogP contribution in [0.25, 0.3) is 10.9 Å². The van der Waals surface area contributed by atoms with E-state index in [1.165, 1.54) is 18.9 Å². The van der Waals surface area contributed by atoms with Crippen molar-refractivity contribution in [3.8, 4) is 0 Å². The van der Waals surface area contributed by atoms with Gasteiger partial charge in [0.15, 0.2) is 0 Å². The molecular weight excluding hydrogens is 379 g/mol. The number of aromatic amines is 1. The SMILES string of the molecule is Cl.Cl.O=[N+]([O-])c1ccc2[nH]cc(C3=NCC4(CN5CCC4CC5)O3)c2c1. The third-order valence-corrected chi connectivity index (χ3v) is 5.72. The molecule has 9 heteroatoms. The molecule has 6 rings (SSSR count). The molecule has 1 spiro atoms. The summed E-state index contributed by atoms with van der Waals surface area (Å²) in [6, 6.07) is 4.83. The smallest absolute Gasteiger partial charge is 0.270 e. The second-order valence-corrected chi connectivity index (χ2v) is 7.03. The van der Waals surface area contributed by atoms with Gasteiger partial charge in [0, 0.05) is 41.7 Å². The first kappa shape index (κ1) is 18.9. The molecule has 2 aromatic rings. The lowest BCUT2D eigenvalue weighted by Gasteiger charge is -2.50. The van der Waals surface area contributed by atoms with E-state index in [0.29, 0.717) is 18.4 Å². The molecule has 0 radical (unpaired) electrons. The van der Waals surface area contributed by atoms with Crippen LogP contribution in [0, 0.1) is 16.0 Å². The molecule has 7 nitrogen and oxygen atoms in total. The minimum atomic E-state index is -0.373. The summed E-state index contributed by atoms with van der Waals surface area (Å²) in [5.74, 6) is 1.18. The van der Waals surface area contributed by atoms with Crippen molar-refractivity contribution in [2.45, 2.75) is 18.4 Å². The van der Waals surface area contributed by atoms with Crippen LogP contribution in [-0.4, -0.2) is 52.5 Å². The molecule has 1 unspecified atom stereocenters. The van der Waals surface area contributed by atoms with E-state index in [2.05, 4.69) is 14.9 Å². The average Bonchev–Trinajstić information content (AvgIpc) is 3.19. The van der Waals surface area contributed by atoms with Gasteiger partial charge in [-0.15, -0.1) is 24.8 Å². The number of hydrogen-bond donors (Lipinski definition) is 1. The van der Waals surface area contributed by atoms with E-state index in [-0.39, 0.29) is 41.0 Å². The van der Waals surface area contributed by atoms with Crippen molar-refractivity contribution < 1.29 is 9.66 Å². The van der Waals surface area contributed by atoms with E-state index in [0.717, 1.165) is 36.1 Å². The van der Waals surface area contributed by atoms with Gasteiger partial charge in [0.05, 0.1) is 17.0 Å². The lowest BCUT2D eigenvalue weighted by atomic mass is 9.75. The molecule has 0 amide bonds. The summed E-state index contributed by atoms with van der Waals surface area (Å²) < 4.78 is 6.40. The molecule has 5 heterocycles. The summed E-state index contributed by atoms with van der Waals surface area (Å²) in [6.45, 7) is 3.94. The number of non-ortho nitro benzene ring substituents is 1. The Morgan fingerprint density at radius 1 is 1.31 bits per heavy atom. The van der Waals surface area contributed by atoms with Gasteiger partial charge < -0.3 is 9.72 Å². The van der Waals surface area contributed by atoms with Crippen LogP contribution in [0.4, 0.5) is 5.69 Å². The standard InChI is InChI=1S/C17H18N4O3.2ClH/c22-21(23)12-1-2-15-13(7-12)14(8-18-15)16-19-9-17(24-16)10-20-5-3-11(17)4-6-20;;/h1-2,7-8,11,18H,3-6,9-10H2;2*1H. The Bertz CT molecular complexity index is 876. The number of fused-ring (bicyclic) bond motifs is 3. The van der Waals surface area contributed by atoms with Gasteiger partial charge >= 0.3 is 0 Å². The molecule has 0 saturated carbocycles. The zero-order chi connectivity index (χ0) is 16.3. The topological polar surface area (TPSA) is 83.8 Å². The summed E-state index contributed by atoms with van der Waals surface area (Å²) in [6.07, 6.45) is 4.18. The minimum Gasteiger partial charge on any atom is -0.467 e. The number of aliphatic imine (C=N–C) groups is 1. The number of nitrogens with one attached hydrogen (secondary N) is 1. The zero-order valence-electron chi connectivity index (χ0n) is 14.0. The normalized spacial score (nSPS) is 29.0. The summed E-state index contributed by atoms with van der Waals surface area (Å²) in [4.78, 5) is 21.0. The van der Waals surface area contributed by atoms with Crippen molar-refractivity contribution in [3.63, 3.8) is 0 Å². The number of nitro benzene ring substituents is 1. The van der Waals surface area contributed by atoms with Gasteiger partial charge in [-0.2, -0.15) is 0 Å². The fourth-order valence-electron chi connectivity index (χ4n) is 4.42. The van der Waals surface area contributed by atoms with Crippen molar-refractivity contribution in [1.82, 2.24) is 9.88 Å². The van der Waals surface area contributed by atoms with Crippen molar-refractivity contribution in [2.75, 3.05) is 26.2 Å². The Balaban J connectivity index is 0.000000980. The molecule has 2 bridgehead atoms. The Labute approximate surface area is 162 Å². The molecule has 4 aliphatic heterocycles. The minimum absolute atomic E-state index is 0. The number of aromatic nitrogens is 1. The van der Waals surface area contributed by atoms with Crippen molar-refractivity contribution >= 4 is 47.3 Å². The number of halogens is 2. The summed E-state index contributed by atoms with van der Waals surface area (Å²) in [5, 5.41) is 11.8. The first-order chi connectivity index (χ1) is 11.6. The monoisotopic (exact) mass is 398 g/mol. The van der Waals surface area contributed by atoms with Gasteiger partial charge in [0.2, 0.25) is 5.90 Å². The average molecular weight is 399 g/mol. The largest absolute Gasteiger partial charge is 0.467 e. The Hall–Kier alpha value is -1.83. The first-order valence-electron chi connectivity index (χ1n) is 8.36. The highest BCUT2D eigenvalue weighted by atomic mass is 35.5. The lowest BCUT2D eigenvalue weighted by molar-refractivity contribution is -0.384. The third kappa shape index (κ3) is 2.74. The second-order valence-electron chi connectivity index (χ2n) is 7.03. The maximum Gasteiger partial charge on any atom is 0.270 e. The van der Waals surface area contributed by atoms with E-state index in [1.807, 2.05) is 6.20 Å². The Morgan fingerprint density at radius 2 is 2.08 bits per heavy atom. The second kappa shape index (κ2) is 6.72. The summed E-state index contributed by atoms with van der Waals surface area (Å²) in [7, 11) is 0. The third-order valence-electron chi connectivity index (χ3n) is 5.72. The molecule has 26 heavy (non-hydrogen) atoms. The number of benzene rings is 1. The van der Waals surface area contributed by atoms with Gasteiger partial charge in [-0.1, -0.05) is 0 Å². The van der Waals surface area contributed by atoms with E-state index >= 15 is 0 Å². The van der Waals surface area contributed by atoms with Crippen LogP contribution >= 0.6 is 24.8 Å². The molecule has 0 aliphatic carbocycles. The number of rotatable bonds is 2. The highest BCUT2D eigenvalue weighted by Crippen LogP contribution is 2.42. The molecule has 3 fully saturated rings. The van der Waals surface area contributed by atoms with E-state index in [9.17, 15) is 10.1 Å². The Morgan fingerprint density at radius 3 is 2.73 bits per heavy atom. The highest BCUT2D eigenvalue weighted by molar-refractivity contribution is 6.08. The van der Waals surface area contributed by atoms with Crippen molar-refractivity contribution in [3.05, 3.63) is 40.1 Å². The van der Waals surface area contributed by atoms with Crippen LogP contribution in [0.1, 0.15) is 18.4 Å². The number of hydrogen-bond acceptors (Lipinski definition) is 5. The van der Waals surface area contributed by atoms with Crippen LogP contribution in [-0.2, 0) is 4.74 Å². The summed E-state index contributed by atoms with van der Waals surface area (Å²) >= 11 is 0. The predicted molar refractivity (Wildman–Crippen MR) is 104 cm³/mol. The fraction of sp³-hybridized carbons (Fsp3) is 0.471. The van der Waals surface area contributed by atoms with Gasteiger partial charge in [-0.25, -0.2) is 4.99 Å². The molecule has 1 aromatic heterocycles. The van der Waals surface area contributed by atoms with Gasteiger partial charge in [0.25, 0.3) is 5.69 Å². The highest BCUT2D eigenvalue weighted by Gasteiger charge is 2.51. The zero-order valence-corrected chi connectivity index (χ0v) is 15.6. The molecule has 1 aromatic carbocycles. The van der Waals surface area contributed by atoms with Crippen LogP contribution in [0.15, 0.2) is 29.4 Å². The van der Waals surface area contributed by atoms with Gasteiger partial charge in [-0.3, -0.25) is 15.0 Å². The maximum atomic E-state index is 11.1. The maximum absolute atomic E-state index is 11.1. The van der Waals surface area contributed by atoms with Crippen LogP contribution in [0.3, 0.4) is 0 Å². The molecule has 3 saturated heterocycles. The van der Waals surface area contributed by atoms with Gasteiger partial charge in [-0.05, 0) is 32.0 Å². The molecular formula is C17H20Cl2N4O3. The molecule has 1 N–H and O–H groups in total. The van der Waals surface area contributed by atoms with E-state index in [4.69, 9.17) is 4.74 Å². The number of piperidine rings is 3. The first-order valence-corrected chi connectivity index (χ1v) is 8.36. The predicted octanol–water partition coefficient (Wildman–Crippen LogP) is 3.16. The lowest BCUT2D eigenvalue weighted by Crippen LogP contribution is -2.60. The molecule has 140 valence electrons. The van der Waals surface area contributed by atoms with Gasteiger partial charge in [0.1, 0.15) is 5.60 Å². The number of ether oxygens (including phenoxy) is 1. The number of nitro groups is 1. The van der Waals surface area contributed by atoms with Crippen LogP contribution in [0.2, 0.25) is 0 Å². The summed E-state index contributed by atoms with van der Waals surface area (Å²) in [5.41, 5.74) is 1.56. The van der Waals surface area contributed by atoms with Crippen molar-refractivity contribution in [2.24, 2.45) is 10.9 Å². The quantitative estimate of drug-likeness (QED) is 0.621. The fourth-order valence-corrected chi connectivity index (χ4v) is 4.42. The number of nitrogens with zero attached hydrogens (tertiary/aromatic N) is 3. The molecule has 1 atom stereocenters. The van der Waals surface area contributed by atoms with E-state index in [1.54, 1.807) is 12.1 Å².